The van der Waals surface area contributed by atoms with Crippen LogP contribution in [0.25, 0.3) is 16.3 Å². The van der Waals surface area contributed by atoms with Crippen molar-refractivity contribution in [3.05, 3.63) is 93.9 Å². The summed E-state index contributed by atoms with van der Waals surface area (Å²) in [5.74, 6) is 0.384. The van der Waals surface area contributed by atoms with Crippen LogP contribution in [0.3, 0.4) is 0 Å². The molecule has 0 saturated carbocycles. The van der Waals surface area contributed by atoms with Crippen LogP contribution in [-0.2, 0) is 17.8 Å². The fraction of sp³-hybridized carbons (Fsp3) is 0.130. The van der Waals surface area contributed by atoms with Gasteiger partial charge in [0.1, 0.15) is 5.76 Å². The van der Waals surface area contributed by atoms with Crippen LogP contribution in [0.2, 0.25) is 0 Å². The Morgan fingerprint density at radius 2 is 2.03 bits per heavy atom. The molecule has 0 unspecified atom stereocenters. The summed E-state index contributed by atoms with van der Waals surface area (Å²) < 4.78 is 6.46. The number of non-ortho nitro benzene ring substituents is 1. The number of anilines is 1. The number of aryl methyl sites for hydroxylation is 1. The molecule has 0 aliphatic rings. The second-order valence-electron chi connectivity index (χ2n) is 6.84. The molecule has 7 nitrogen and oxygen atoms in total. The van der Waals surface area contributed by atoms with Gasteiger partial charge in [0.25, 0.3) is 11.6 Å². The van der Waals surface area contributed by atoms with Crippen molar-refractivity contribution in [2.24, 2.45) is 0 Å². The molecule has 4 aromatic rings. The molecular weight excluding hydrogens is 414 g/mol. The van der Waals surface area contributed by atoms with E-state index in [0.29, 0.717) is 16.5 Å². The summed E-state index contributed by atoms with van der Waals surface area (Å²) in [7, 11) is 0. The Hall–Kier alpha value is -3.78. The summed E-state index contributed by atoms with van der Waals surface area (Å²) >= 11 is 1.46. The van der Waals surface area contributed by atoms with Gasteiger partial charge < -0.3 is 4.42 Å². The molecule has 1 amide bonds. The normalized spacial score (nSPS) is 11.3. The number of nitrogens with zero attached hydrogens (tertiary/aromatic N) is 3. The third-order valence-corrected chi connectivity index (χ3v) is 5.80. The lowest BCUT2D eigenvalue weighted by molar-refractivity contribution is -0.384. The lowest BCUT2D eigenvalue weighted by atomic mass is 10.2. The Balaban J connectivity index is 1.62. The number of carbonyl (C=O) groups excluding carboxylic acids is 1. The minimum Gasteiger partial charge on any atom is -0.467 e. The third kappa shape index (κ3) is 4.70. The number of thiazole rings is 1. The van der Waals surface area contributed by atoms with Gasteiger partial charge in [-0.15, -0.1) is 0 Å². The Morgan fingerprint density at radius 3 is 2.71 bits per heavy atom. The van der Waals surface area contributed by atoms with E-state index >= 15 is 0 Å². The molecule has 0 fully saturated rings. The van der Waals surface area contributed by atoms with Gasteiger partial charge in [-0.25, -0.2) is 4.98 Å². The molecule has 0 bridgehead atoms. The Bertz CT molecular complexity index is 1240. The smallest absolute Gasteiger partial charge is 0.269 e. The van der Waals surface area contributed by atoms with Crippen LogP contribution in [0.15, 0.2) is 71.4 Å². The van der Waals surface area contributed by atoms with Gasteiger partial charge in [0.2, 0.25) is 0 Å². The first kappa shape index (κ1) is 20.5. The van der Waals surface area contributed by atoms with Crippen LogP contribution < -0.4 is 4.90 Å². The maximum Gasteiger partial charge on any atom is 0.269 e. The van der Waals surface area contributed by atoms with Gasteiger partial charge in [0.05, 0.1) is 27.9 Å². The zero-order chi connectivity index (χ0) is 21.8. The van der Waals surface area contributed by atoms with Gasteiger partial charge in [-0.3, -0.25) is 19.8 Å². The number of nitro benzene ring substituents is 1. The minimum atomic E-state index is -0.458. The first-order valence-electron chi connectivity index (χ1n) is 9.69. The SMILES string of the molecule is CCc1ccc2nc(N(Cc3ccco3)C(=O)/C=C\c3ccc([N+](=O)[O-])cc3)sc2c1. The van der Waals surface area contributed by atoms with E-state index in [2.05, 4.69) is 18.0 Å². The number of fused-ring (bicyclic) bond motifs is 1. The molecule has 2 aromatic heterocycles. The van der Waals surface area contributed by atoms with Crippen molar-refractivity contribution >= 4 is 44.4 Å². The average molecular weight is 433 g/mol. The van der Waals surface area contributed by atoms with Gasteiger partial charge in [0, 0.05) is 18.2 Å². The van der Waals surface area contributed by atoms with Crippen LogP contribution in [0.4, 0.5) is 10.8 Å². The maximum absolute atomic E-state index is 13.1. The number of hydrogen-bond donors (Lipinski definition) is 0. The van der Waals surface area contributed by atoms with Crippen LogP contribution in [0.5, 0.6) is 0 Å². The van der Waals surface area contributed by atoms with Crippen molar-refractivity contribution in [2.75, 3.05) is 4.90 Å². The van der Waals surface area contributed by atoms with Crippen molar-refractivity contribution in [3.63, 3.8) is 0 Å². The van der Waals surface area contributed by atoms with Crippen molar-refractivity contribution < 1.29 is 14.1 Å². The molecule has 0 aliphatic heterocycles. The monoisotopic (exact) mass is 433 g/mol. The van der Waals surface area contributed by atoms with E-state index in [9.17, 15) is 14.9 Å². The summed E-state index contributed by atoms with van der Waals surface area (Å²) in [5, 5.41) is 11.4. The summed E-state index contributed by atoms with van der Waals surface area (Å²) in [6.45, 7) is 2.34. The average Bonchev–Trinajstić information content (AvgIpc) is 3.44. The topological polar surface area (TPSA) is 89.5 Å². The summed E-state index contributed by atoms with van der Waals surface area (Å²) in [6, 6.07) is 15.7. The maximum atomic E-state index is 13.1. The van der Waals surface area contributed by atoms with Crippen molar-refractivity contribution in [1.82, 2.24) is 4.98 Å². The van der Waals surface area contributed by atoms with Gasteiger partial charge in [-0.2, -0.15) is 0 Å². The van der Waals surface area contributed by atoms with Crippen LogP contribution in [0, 0.1) is 10.1 Å². The predicted octanol–water partition coefficient (Wildman–Crippen LogP) is 5.61. The summed E-state index contributed by atoms with van der Waals surface area (Å²) in [4.78, 5) is 29.6. The lowest BCUT2D eigenvalue weighted by Crippen LogP contribution is -2.28. The molecule has 31 heavy (non-hydrogen) atoms. The fourth-order valence-electron chi connectivity index (χ4n) is 3.06. The Morgan fingerprint density at radius 1 is 1.23 bits per heavy atom. The van der Waals surface area contributed by atoms with Crippen molar-refractivity contribution in [1.29, 1.82) is 0 Å². The number of benzene rings is 2. The van der Waals surface area contributed by atoms with E-state index in [4.69, 9.17) is 4.42 Å². The second kappa shape index (κ2) is 8.93. The molecule has 0 aliphatic carbocycles. The number of carbonyl (C=O) groups is 1. The zero-order valence-corrected chi connectivity index (χ0v) is 17.5. The highest BCUT2D eigenvalue weighted by molar-refractivity contribution is 7.22. The molecule has 0 N–H and O–H groups in total. The zero-order valence-electron chi connectivity index (χ0n) is 16.7. The third-order valence-electron chi connectivity index (χ3n) is 4.76. The number of hydrogen-bond acceptors (Lipinski definition) is 6. The highest BCUT2D eigenvalue weighted by Gasteiger charge is 2.19. The molecule has 0 radical (unpaired) electrons. The summed E-state index contributed by atoms with van der Waals surface area (Å²) in [5.41, 5.74) is 2.75. The molecule has 4 rings (SSSR count). The minimum absolute atomic E-state index is 0.00356. The van der Waals surface area contributed by atoms with E-state index in [1.54, 1.807) is 35.4 Å². The standard InChI is InChI=1S/C23H19N3O4S/c1-2-16-7-11-20-21(14-16)31-23(24-20)25(15-19-4-3-13-30-19)22(27)12-8-17-5-9-18(10-6-17)26(28)29/h3-14H,2,15H2,1H3/b12-8-. The molecule has 0 atom stereocenters. The molecule has 0 spiro atoms. The number of rotatable bonds is 7. The largest absolute Gasteiger partial charge is 0.467 e. The molecule has 0 saturated heterocycles. The molecule has 2 aromatic carbocycles. The van der Waals surface area contributed by atoms with Gasteiger partial charge in [-0.05, 0) is 60.0 Å². The number of amides is 1. The molecular formula is C23H19N3O4S. The van der Waals surface area contributed by atoms with E-state index < -0.39 is 4.92 Å². The van der Waals surface area contributed by atoms with Crippen molar-refractivity contribution in [3.8, 4) is 0 Å². The van der Waals surface area contributed by atoms with E-state index in [-0.39, 0.29) is 18.1 Å². The van der Waals surface area contributed by atoms with Gasteiger partial charge in [-0.1, -0.05) is 24.3 Å². The highest BCUT2D eigenvalue weighted by atomic mass is 32.1. The van der Waals surface area contributed by atoms with Crippen LogP contribution in [0.1, 0.15) is 23.8 Å². The van der Waals surface area contributed by atoms with Gasteiger partial charge in [0.15, 0.2) is 5.13 Å². The Labute approximate surface area is 182 Å². The molecule has 156 valence electrons. The fourth-order valence-corrected chi connectivity index (χ4v) is 4.09. The lowest BCUT2D eigenvalue weighted by Gasteiger charge is -2.16. The first-order chi connectivity index (χ1) is 15.0. The first-order valence-corrected chi connectivity index (χ1v) is 10.5. The number of aromatic nitrogens is 1. The molecule has 2 heterocycles. The van der Waals surface area contributed by atoms with Crippen molar-refractivity contribution in [2.45, 2.75) is 19.9 Å². The van der Waals surface area contributed by atoms with E-state index in [1.807, 2.05) is 18.2 Å². The Kier molecular flexibility index (Phi) is 5.90. The molecule has 8 heteroatoms. The summed E-state index contributed by atoms with van der Waals surface area (Å²) in [6.07, 6.45) is 5.56. The van der Waals surface area contributed by atoms with Crippen LogP contribution in [-0.4, -0.2) is 15.8 Å². The second-order valence-corrected chi connectivity index (χ2v) is 7.85. The van der Waals surface area contributed by atoms with Crippen LogP contribution >= 0.6 is 11.3 Å². The highest BCUT2D eigenvalue weighted by Crippen LogP contribution is 2.31. The number of furan rings is 1. The van der Waals surface area contributed by atoms with Gasteiger partial charge >= 0.3 is 0 Å². The predicted molar refractivity (Wildman–Crippen MR) is 121 cm³/mol. The van der Waals surface area contributed by atoms with E-state index in [1.165, 1.54) is 35.1 Å². The number of nitro groups is 1. The quantitative estimate of drug-likeness (QED) is 0.215. The van der Waals surface area contributed by atoms with E-state index in [0.717, 1.165) is 16.6 Å².